The molecule has 0 bridgehead atoms. The van der Waals surface area contributed by atoms with Crippen molar-refractivity contribution in [2.24, 2.45) is 0 Å². The Morgan fingerprint density at radius 2 is 1.85 bits per heavy atom. The highest BCUT2D eigenvalue weighted by Crippen LogP contribution is 2.31. The summed E-state index contributed by atoms with van der Waals surface area (Å²) in [6, 6.07) is 5.94. The van der Waals surface area contributed by atoms with E-state index in [0.717, 1.165) is 0 Å². The number of halogens is 3. The minimum absolute atomic E-state index is 0.133. The fourth-order valence-electron chi connectivity index (χ4n) is 1.60. The summed E-state index contributed by atoms with van der Waals surface area (Å²) in [6.45, 7) is 0. The van der Waals surface area contributed by atoms with Crippen LogP contribution < -0.4 is 15.4 Å². The van der Waals surface area contributed by atoms with Gasteiger partial charge >= 0.3 is 0 Å². The highest BCUT2D eigenvalue weighted by Gasteiger charge is 2.10. The number of methoxy groups -OCH3 is 1. The van der Waals surface area contributed by atoms with Crippen LogP contribution in [0.5, 0.6) is 5.75 Å². The van der Waals surface area contributed by atoms with Gasteiger partial charge in [-0.1, -0.05) is 23.2 Å². The largest absolute Gasteiger partial charge is 0.494 e. The Labute approximate surface area is 125 Å². The summed E-state index contributed by atoms with van der Waals surface area (Å²) in [5, 5.41) is 6.62. The van der Waals surface area contributed by atoms with Gasteiger partial charge in [0.05, 0.1) is 17.2 Å². The highest BCUT2D eigenvalue weighted by atomic mass is 35.5. The third-order valence-corrected chi connectivity index (χ3v) is 3.16. The summed E-state index contributed by atoms with van der Waals surface area (Å²) >= 11 is 12.0. The fourth-order valence-corrected chi connectivity index (χ4v) is 2.10. The molecule has 0 spiro atoms. The molecule has 0 atom stereocenters. The van der Waals surface area contributed by atoms with Crippen LogP contribution in [-0.4, -0.2) is 19.1 Å². The number of aromatic nitrogens is 1. The van der Waals surface area contributed by atoms with Crippen LogP contribution >= 0.6 is 23.2 Å². The molecule has 0 saturated carbocycles. The molecule has 1 aromatic carbocycles. The van der Waals surface area contributed by atoms with Gasteiger partial charge in [-0.2, -0.15) is 0 Å². The maximum absolute atomic E-state index is 13.3. The first kappa shape index (κ1) is 14.7. The summed E-state index contributed by atoms with van der Waals surface area (Å²) in [5.74, 6) is 0.597. The number of ether oxygens (including phenoxy) is 1. The van der Waals surface area contributed by atoms with E-state index in [2.05, 4.69) is 15.6 Å². The zero-order valence-electron chi connectivity index (χ0n) is 10.8. The van der Waals surface area contributed by atoms with Gasteiger partial charge in [-0.15, -0.1) is 0 Å². The first-order valence-electron chi connectivity index (χ1n) is 5.69. The molecule has 4 nitrogen and oxygen atoms in total. The third-order valence-electron chi connectivity index (χ3n) is 2.58. The van der Waals surface area contributed by atoms with Crippen molar-refractivity contribution in [3.8, 4) is 5.75 Å². The summed E-state index contributed by atoms with van der Waals surface area (Å²) in [6.07, 6.45) is 0. The lowest BCUT2D eigenvalue weighted by Crippen LogP contribution is -2.00. The van der Waals surface area contributed by atoms with Gasteiger partial charge in [0, 0.05) is 18.8 Å². The Morgan fingerprint density at radius 3 is 2.50 bits per heavy atom. The Kier molecular flexibility index (Phi) is 4.52. The van der Waals surface area contributed by atoms with Crippen LogP contribution in [0.1, 0.15) is 0 Å². The van der Waals surface area contributed by atoms with Crippen molar-refractivity contribution in [3.63, 3.8) is 0 Å². The Morgan fingerprint density at radius 1 is 1.15 bits per heavy atom. The number of hydrogen-bond donors (Lipinski definition) is 2. The number of nitrogens with one attached hydrogen (secondary N) is 2. The molecule has 2 aromatic rings. The molecular weight excluding hydrogens is 304 g/mol. The van der Waals surface area contributed by atoms with Gasteiger partial charge in [0.2, 0.25) is 0 Å². The van der Waals surface area contributed by atoms with Crippen LogP contribution in [-0.2, 0) is 0 Å². The molecule has 0 amide bonds. The minimum Gasteiger partial charge on any atom is -0.494 e. The van der Waals surface area contributed by atoms with E-state index < -0.39 is 5.82 Å². The molecular formula is C13H12Cl2FN3O. The molecule has 0 aliphatic heterocycles. The van der Waals surface area contributed by atoms with Crippen LogP contribution in [0.25, 0.3) is 0 Å². The average molecular weight is 316 g/mol. The van der Waals surface area contributed by atoms with Crippen LogP contribution in [0.2, 0.25) is 10.0 Å². The van der Waals surface area contributed by atoms with E-state index in [0.29, 0.717) is 27.4 Å². The topological polar surface area (TPSA) is 46.2 Å². The molecule has 106 valence electrons. The van der Waals surface area contributed by atoms with Crippen molar-refractivity contribution in [2.75, 3.05) is 24.8 Å². The van der Waals surface area contributed by atoms with Crippen LogP contribution in [0.4, 0.5) is 21.7 Å². The molecule has 2 N–H and O–H groups in total. The van der Waals surface area contributed by atoms with Gasteiger partial charge in [-0.05, 0) is 18.2 Å². The van der Waals surface area contributed by atoms with E-state index in [9.17, 15) is 4.39 Å². The van der Waals surface area contributed by atoms with E-state index in [4.69, 9.17) is 27.9 Å². The van der Waals surface area contributed by atoms with Gasteiger partial charge < -0.3 is 15.4 Å². The molecule has 7 heteroatoms. The number of benzene rings is 1. The number of rotatable bonds is 4. The third kappa shape index (κ3) is 3.05. The monoisotopic (exact) mass is 315 g/mol. The Hall–Kier alpha value is -1.72. The van der Waals surface area contributed by atoms with Crippen molar-refractivity contribution in [3.05, 3.63) is 40.1 Å². The molecule has 0 unspecified atom stereocenters. The summed E-state index contributed by atoms with van der Waals surface area (Å²) < 4.78 is 18.3. The van der Waals surface area contributed by atoms with E-state index >= 15 is 0 Å². The molecule has 0 radical (unpaired) electrons. The van der Waals surface area contributed by atoms with Gasteiger partial charge in [0.15, 0.2) is 17.4 Å². The maximum atomic E-state index is 13.3. The molecule has 1 heterocycles. The first-order valence-corrected chi connectivity index (χ1v) is 6.45. The summed E-state index contributed by atoms with van der Waals surface area (Å²) in [4.78, 5) is 4.24. The normalized spacial score (nSPS) is 10.2. The maximum Gasteiger partial charge on any atom is 0.165 e. The lowest BCUT2D eigenvalue weighted by atomic mass is 10.3. The second-order valence-corrected chi connectivity index (χ2v) is 4.69. The van der Waals surface area contributed by atoms with Crippen LogP contribution in [0, 0.1) is 5.82 Å². The predicted molar refractivity (Wildman–Crippen MR) is 80.0 cm³/mol. The molecule has 0 fully saturated rings. The fraction of sp³-hybridized carbons (Fsp3) is 0.154. The Balaban J connectivity index is 2.34. The molecule has 1 aromatic heterocycles. The SMILES string of the molecule is CNc1nc(Nc2ccc(F)c(OC)c2)c(Cl)cc1Cl. The van der Waals surface area contributed by atoms with E-state index in [-0.39, 0.29) is 5.75 Å². The molecule has 2 rings (SSSR count). The standard InChI is InChI=1S/C13H12Cl2FN3O/c1-17-12-8(14)6-9(15)13(19-12)18-7-3-4-10(16)11(5-7)20-2/h3-6H,1-2H3,(H2,17,18,19). The van der Waals surface area contributed by atoms with Crippen molar-refractivity contribution < 1.29 is 9.13 Å². The summed E-state index contributed by atoms with van der Waals surface area (Å²) in [7, 11) is 3.10. The zero-order valence-corrected chi connectivity index (χ0v) is 12.3. The average Bonchev–Trinajstić information content (AvgIpc) is 2.43. The quantitative estimate of drug-likeness (QED) is 0.882. The number of hydrogen-bond acceptors (Lipinski definition) is 4. The van der Waals surface area contributed by atoms with Crippen LogP contribution in [0.15, 0.2) is 24.3 Å². The highest BCUT2D eigenvalue weighted by molar-refractivity contribution is 6.37. The zero-order chi connectivity index (χ0) is 14.7. The van der Waals surface area contributed by atoms with Crippen molar-refractivity contribution in [1.29, 1.82) is 0 Å². The van der Waals surface area contributed by atoms with Crippen molar-refractivity contribution >= 4 is 40.5 Å². The van der Waals surface area contributed by atoms with Crippen molar-refractivity contribution in [2.45, 2.75) is 0 Å². The van der Waals surface area contributed by atoms with E-state index in [1.165, 1.54) is 19.2 Å². The smallest absolute Gasteiger partial charge is 0.165 e. The Bertz CT molecular complexity index is 637. The number of pyridine rings is 1. The molecule has 0 aliphatic rings. The molecule has 0 saturated heterocycles. The molecule has 0 aliphatic carbocycles. The minimum atomic E-state index is -0.441. The van der Waals surface area contributed by atoms with E-state index in [1.54, 1.807) is 19.2 Å². The first-order chi connectivity index (χ1) is 9.55. The number of anilines is 3. The lowest BCUT2D eigenvalue weighted by molar-refractivity contribution is 0.387. The van der Waals surface area contributed by atoms with Gasteiger partial charge in [0.25, 0.3) is 0 Å². The van der Waals surface area contributed by atoms with Gasteiger partial charge in [0.1, 0.15) is 5.82 Å². The van der Waals surface area contributed by atoms with Gasteiger partial charge in [-0.3, -0.25) is 0 Å². The van der Waals surface area contributed by atoms with Crippen molar-refractivity contribution in [1.82, 2.24) is 4.98 Å². The predicted octanol–water partition coefficient (Wildman–Crippen LogP) is 4.32. The molecule has 20 heavy (non-hydrogen) atoms. The second-order valence-electron chi connectivity index (χ2n) is 3.87. The van der Waals surface area contributed by atoms with Crippen LogP contribution in [0.3, 0.4) is 0 Å². The lowest BCUT2D eigenvalue weighted by Gasteiger charge is -2.11. The number of nitrogens with zero attached hydrogens (tertiary/aromatic N) is 1. The van der Waals surface area contributed by atoms with Gasteiger partial charge in [-0.25, -0.2) is 9.37 Å². The summed E-state index contributed by atoms with van der Waals surface area (Å²) in [5.41, 5.74) is 0.599. The van der Waals surface area contributed by atoms with E-state index in [1.807, 2.05) is 0 Å². The second kappa shape index (κ2) is 6.15.